The highest BCUT2D eigenvalue weighted by Gasteiger charge is 2.10. The molecule has 0 aliphatic heterocycles. The van der Waals surface area contributed by atoms with Crippen molar-refractivity contribution in [2.24, 2.45) is 0 Å². The number of nitro groups is 1. The molecule has 0 aromatic heterocycles. The summed E-state index contributed by atoms with van der Waals surface area (Å²) in [6.45, 7) is -0.368. The Bertz CT molecular complexity index is 391. The lowest BCUT2D eigenvalue weighted by molar-refractivity contribution is -0.496. The minimum atomic E-state index is -1.11. The van der Waals surface area contributed by atoms with Crippen molar-refractivity contribution < 1.29 is 14.8 Å². The number of hydrogen-bond donors (Lipinski definition) is 1. The maximum Gasteiger partial charge on any atom is 0.336 e. The summed E-state index contributed by atoms with van der Waals surface area (Å²) in [5, 5.41) is 18.9. The maximum absolute atomic E-state index is 10.7. The van der Waals surface area contributed by atoms with E-state index in [1.807, 2.05) is 0 Å². The smallest absolute Gasteiger partial charge is 0.336 e. The highest BCUT2D eigenvalue weighted by Crippen LogP contribution is 2.18. The Hall–Kier alpha value is -1.43. The minimum Gasteiger partial charge on any atom is -0.478 e. The Morgan fingerprint density at radius 1 is 1.57 bits per heavy atom. The average molecular weight is 260 g/mol. The summed E-state index contributed by atoms with van der Waals surface area (Å²) in [5.41, 5.74) is 0.403. The lowest BCUT2D eigenvalue weighted by atomic mass is 10.1. The number of halogens is 1. The van der Waals surface area contributed by atoms with Crippen LogP contribution < -0.4 is 0 Å². The molecule has 0 heterocycles. The number of rotatable bonds is 3. The second kappa shape index (κ2) is 4.19. The quantitative estimate of drug-likeness (QED) is 0.665. The van der Waals surface area contributed by atoms with Gasteiger partial charge in [0.25, 0.3) is 0 Å². The monoisotopic (exact) mass is 259 g/mol. The molecule has 0 spiro atoms. The van der Waals surface area contributed by atoms with Gasteiger partial charge in [-0.05, 0) is 28.1 Å². The van der Waals surface area contributed by atoms with Gasteiger partial charge in [-0.3, -0.25) is 10.1 Å². The Balaban J connectivity index is 3.06. The van der Waals surface area contributed by atoms with Crippen molar-refractivity contribution in [1.29, 1.82) is 0 Å². The second-order valence-corrected chi connectivity index (χ2v) is 3.46. The fourth-order valence-electron chi connectivity index (χ4n) is 0.984. The molecule has 0 saturated carbocycles. The number of hydrogen-bond acceptors (Lipinski definition) is 3. The summed E-state index contributed by atoms with van der Waals surface area (Å²) < 4.78 is 0.414. The number of nitrogens with zero attached hydrogens (tertiary/aromatic N) is 1. The van der Waals surface area contributed by atoms with Crippen molar-refractivity contribution in [3.05, 3.63) is 43.9 Å². The predicted molar refractivity (Wildman–Crippen MR) is 51.8 cm³/mol. The maximum atomic E-state index is 10.7. The molecule has 74 valence electrons. The number of aromatic carboxylic acids is 1. The molecule has 0 radical (unpaired) electrons. The molecule has 6 heteroatoms. The fourth-order valence-corrected chi connectivity index (χ4v) is 1.40. The normalized spacial score (nSPS) is 9.79. The fraction of sp³-hybridized carbons (Fsp3) is 0.125. The Kier molecular flexibility index (Phi) is 3.19. The van der Waals surface area contributed by atoms with Crippen LogP contribution in [0.15, 0.2) is 22.7 Å². The molecule has 1 N–H and O–H groups in total. The van der Waals surface area contributed by atoms with E-state index in [9.17, 15) is 14.9 Å². The SMILES string of the molecule is O=C(O)c1cc(C[N+](=O)[O-])ccc1Br. The van der Waals surface area contributed by atoms with Gasteiger partial charge in [0.05, 0.1) is 5.56 Å². The molecule has 0 fully saturated rings. The molecule has 1 aromatic carbocycles. The van der Waals surface area contributed by atoms with Crippen LogP contribution in [0.2, 0.25) is 0 Å². The molecule has 5 nitrogen and oxygen atoms in total. The first-order valence-corrected chi connectivity index (χ1v) is 4.43. The van der Waals surface area contributed by atoms with Gasteiger partial charge in [-0.2, -0.15) is 0 Å². The zero-order valence-corrected chi connectivity index (χ0v) is 8.52. The van der Waals surface area contributed by atoms with Gasteiger partial charge < -0.3 is 5.11 Å². The second-order valence-electron chi connectivity index (χ2n) is 2.61. The molecule has 1 aromatic rings. The third-order valence-corrected chi connectivity index (χ3v) is 2.26. The molecular weight excluding hydrogens is 254 g/mol. The van der Waals surface area contributed by atoms with Gasteiger partial charge in [-0.15, -0.1) is 0 Å². The summed E-state index contributed by atoms with van der Waals surface area (Å²) in [7, 11) is 0. The molecule has 0 unspecified atom stereocenters. The van der Waals surface area contributed by atoms with Gasteiger partial charge in [-0.25, -0.2) is 4.79 Å². The van der Waals surface area contributed by atoms with Gasteiger partial charge in [0.2, 0.25) is 6.54 Å². The number of carbonyl (C=O) groups is 1. The Morgan fingerprint density at radius 2 is 2.21 bits per heavy atom. The molecule has 0 bridgehead atoms. The van der Waals surface area contributed by atoms with E-state index in [4.69, 9.17) is 5.11 Å². The van der Waals surface area contributed by atoms with Crippen LogP contribution in [0.5, 0.6) is 0 Å². The lowest BCUT2D eigenvalue weighted by Gasteiger charge is -2.00. The topological polar surface area (TPSA) is 80.4 Å². The number of carboxylic acids is 1. The molecule has 0 aliphatic rings. The molecule has 14 heavy (non-hydrogen) atoms. The number of carboxylic acid groups (broad SMARTS) is 1. The van der Waals surface area contributed by atoms with Crippen molar-refractivity contribution in [2.75, 3.05) is 0 Å². The number of benzene rings is 1. The summed E-state index contributed by atoms with van der Waals surface area (Å²) >= 11 is 3.05. The van der Waals surface area contributed by atoms with Crippen LogP contribution in [-0.2, 0) is 6.54 Å². The van der Waals surface area contributed by atoms with Gasteiger partial charge in [-0.1, -0.05) is 6.07 Å². The van der Waals surface area contributed by atoms with E-state index in [1.165, 1.54) is 18.2 Å². The summed E-state index contributed by atoms with van der Waals surface area (Å²) in [5.74, 6) is -1.11. The van der Waals surface area contributed by atoms with Crippen LogP contribution in [0.1, 0.15) is 15.9 Å². The Morgan fingerprint density at radius 3 is 2.71 bits per heavy atom. The van der Waals surface area contributed by atoms with E-state index in [2.05, 4.69) is 15.9 Å². The van der Waals surface area contributed by atoms with Crippen molar-refractivity contribution in [3.8, 4) is 0 Å². The lowest BCUT2D eigenvalue weighted by Crippen LogP contribution is -2.02. The van der Waals surface area contributed by atoms with Crippen LogP contribution in [0.3, 0.4) is 0 Å². The van der Waals surface area contributed by atoms with E-state index >= 15 is 0 Å². The van der Waals surface area contributed by atoms with E-state index in [1.54, 1.807) is 0 Å². The first-order valence-electron chi connectivity index (χ1n) is 3.64. The van der Waals surface area contributed by atoms with Gasteiger partial charge in [0.15, 0.2) is 0 Å². The van der Waals surface area contributed by atoms with Crippen LogP contribution in [0.25, 0.3) is 0 Å². The van der Waals surface area contributed by atoms with Crippen LogP contribution in [-0.4, -0.2) is 16.0 Å². The van der Waals surface area contributed by atoms with Gasteiger partial charge in [0.1, 0.15) is 0 Å². The van der Waals surface area contributed by atoms with E-state index in [0.29, 0.717) is 10.0 Å². The zero-order chi connectivity index (χ0) is 10.7. The van der Waals surface area contributed by atoms with E-state index < -0.39 is 10.9 Å². The Labute approximate surface area is 87.6 Å². The van der Waals surface area contributed by atoms with Crippen molar-refractivity contribution in [3.63, 3.8) is 0 Å². The summed E-state index contributed by atoms with van der Waals surface area (Å²) in [6.07, 6.45) is 0. The van der Waals surface area contributed by atoms with E-state index in [-0.39, 0.29) is 12.1 Å². The first kappa shape index (κ1) is 10.6. The molecule has 0 amide bonds. The van der Waals surface area contributed by atoms with Gasteiger partial charge >= 0.3 is 5.97 Å². The largest absolute Gasteiger partial charge is 0.478 e. The molecule has 0 saturated heterocycles. The van der Waals surface area contributed by atoms with Crippen molar-refractivity contribution in [1.82, 2.24) is 0 Å². The third kappa shape index (κ3) is 2.53. The minimum absolute atomic E-state index is 0.0318. The first-order chi connectivity index (χ1) is 6.50. The van der Waals surface area contributed by atoms with Crippen LogP contribution in [0.4, 0.5) is 0 Å². The molecule has 1 rings (SSSR count). The standard InChI is InChI=1S/C8H6BrNO4/c9-7-2-1-5(4-10(13)14)3-6(7)8(11)12/h1-3H,4H2,(H,11,12). The van der Waals surface area contributed by atoms with E-state index in [0.717, 1.165) is 0 Å². The molecule has 0 aliphatic carbocycles. The predicted octanol–water partition coefficient (Wildman–Crippen LogP) is 1.92. The zero-order valence-electron chi connectivity index (χ0n) is 6.94. The van der Waals surface area contributed by atoms with Crippen molar-refractivity contribution in [2.45, 2.75) is 6.54 Å². The van der Waals surface area contributed by atoms with Crippen molar-refractivity contribution >= 4 is 21.9 Å². The van der Waals surface area contributed by atoms with Gasteiger partial charge in [0, 0.05) is 15.0 Å². The molecule has 0 atom stereocenters. The average Bonchev–Trinajstić information content (AvgIpc) is 2.07. The summed E-state index contributed by atoms with van der Waals surface area (Å²) in [6, 6.07) is 4.29. The van der Waals surface area contributed by atoms with Crippen LogP contribution >= 0.6 is 15.9 Å². The summed E-state index contributed by atoms with van der Waals surface area (Å²) in [4.78, 5) is 20.3. The highest BCUT2D eigenvalue weighted by atomic mass is 79.9. The molecular formula is C8H6BrNO4. The van der Waals surface area contributed by atoms with Crippen LogP contribution in [0, 0.1) is 10.1 Å². The highest BCUT2D eigenvalue weighted by molar-refractivity contribution is 9.10. The third-order valence-electron chi connectivity index (χ3n) is 1.57.